The highest BCUT2D eigenvalue weighted by Crippen LogP contribution is 2.31. The van der Waals surface area contributed by atoms with Gasteiger partial charge in [-0.05, 0) is 30.9 Å². The summed E-state index contributed by atoms with van der Waals surface area (Å²) in [7, 11) is 1.54. The number of likely N-dealkylation sites (N-methyl/N-ethyl adjacent to an activating group) is 1. The number of rotatable bonds is 3. The molecule has 1 unspecified atom stereocenters. The zero-order valence-corrected chi connectivity index (χ0v) is 11.6. The molecule has 2 rings (SSSR count). The first-order valence-electron chi connectivity index (χ1n) is 6.19. The smallest absolute Gasteiger partial charge is 0.329 e. The van der Waals surface area contributed by atoms with Crippen molar-refractivity contribution >= 4 is 29.0 Å². The van der Waals surface area contributed by atoms with Crippen LogP contribution in [0.3, 0.4) is 0 Å². The minimum Gasteiger partial charge on any atom is -0.357 e. The van der Waals surface area contributed by atoms with E-state index in [2.05, 4.69) is 15.3 Å². The molecule has 1 aromatic heterocycles. The lowest BCUT2D eigenvalue weighted by Gasteiger charge is -2.34. The topological polar surface area (TPSA) is 101 Å². The summed E-state index contributed by atoms with van der Waals surface area (Å²) >= 11 is 5.73. The third-order valence-corrected chi connectivity index (χ3v) is 3.42. The van der Waals surface area contributed by atoms with Crippen LogP contribution < -0.4 is 10.2 Å². The summed E-state index contributed by atoms with van der Waals surface area (Å²) < 4.78 is 0. The second-order valence-corrected chi connectivity index (χ2v) is 4.76. The van der Waals surface area contributed by atoms with E-state index in [-0.39, 0.29) is 22.7 Å². The van der Waals surface area contributed by atoms with E-state index >= 15 is 0 Å². The zero-order chi connectivity index (χ0) is 14.7. The number of carbonyl (C=O) groups is 1. The number of carbonyl (C=O) groups excluding carboxylic acids is 1. The Balaban J connectivity index is 2.44. The minimum absolute atomic E-state index is 0.0770. The van der Waals surface area contributed by atoms with E-state index in [0.717, 1.165) is 19.0 Å². The van der Waals surface area contributed by atoms with Gasteiger partial charge in [-0.15, -0.1) is 0 Å². The van der Waals surface area contributed by atoms with Crippen molar-refractivity contribution in [3.63, 3.8) is 0 Å². The Morgan fingerprint density at radius 3 is 3.00 bits per heavy atom. The highest BCUT2D eigenvalue weighted by Gasteiger charge is 2.33. The van der Waals surface area contributed by atoms with Crippen LogP contribution in [0.1, 0.15) is 19.3 Å². The Morgan fingerprint density at radius 1 is 1.60 bits per heavy atom. The average molecular weight is 300 g/mol. The van der Waals surface area contributed by atoms with Crippen molar-refractivity contribution < 1.29 is 9.72 Å². The van der Waals surface area contributed by atoms with Crippen molar-refractivity contribution in [3.05, 3.63) is 21.6 Å². The Labute approximate surface area is 120 Å². The predicted molar refractivity (Wildman–Crippen MR) is 72.7 cm³/mol. The predicted octanol–water partition coefficient (Wildman–Crippen LogP) is 1.14. The van der Waals surface area contributed by atoms with Crippen LogP contribution in [0.4, 0.5) is 11.5 Å². The molecule has 20 heavy (non-hydrogen) atoms. The molecular formula is C11H14ClN5O3. The van der Waals surface area contributed by atoms with Gasteiger partial charge >= 0.3 is 5.69 Å². The molecule has 1 aliphatic heterocycles. The largest absolute Gasteiger partial charge is 0.357 e. The summed E-state index contributed by atoms with van der Waals surface area (Å²) in [6.07, 6.45) is 3.42. The van der Waals surface area contributed by atoms with Crippen molar-refractivity contribution in [2.75, 3.05) is 18.5 Å². The van der Waals surface area contributed by atoms with Gasteiger partial charge in [0, 0.05) is 13.6 Å². The van der Waals surface area contributed by atoms with Gasteiger partial charge in [0.05, 0.1) is 4.92 Å². The molecule has 1 amide bonds. The number of hydrogen-bond donors (Lipinski definition) is 1. The van der Waals surface area contributed by atoms with E-state index in [1.807, 2.05) is 0 Å². The van der Waals surface area contributed by atoms with Gasteiger partial charge < -0.3 is 10.2 Å². The lowest BCUT2D eigenvalue weighted by atomic mass is 10.0. The molecule has 0 aliphatic carbocycles. The first-order chi connectivity index (χ1) is 9.54. The van der Waals surface area contributed by atoms with Gasteiger partial charge in [-0.2, -0.15) is 4.98 Å². The Kier molecular flexibility index (Phi) is 4.33. The molecular weight excluding hydrogens is 286 g/mol. The molecule has 1 saturated heterocycles. The minimum atomic E-state index is -0.568. The molecule has 0 saturated carbocycles. The van der Waals surface area contributed by atoms with Crippen molar-refractivity contribution in [1.82, 2.24) is 15.3 Å². The summed E-state index contributed by atoms with van der Waals surface area (Å²) in [5.41, 5.74) is -0.245. The second kappa shape index (κ2) is 6.00. The molecule has 1 fully saturated rings. The number of nitrogens with one attached hydrogen (secondary N) is 1. The van der Waals surface area contributed by atoms with Gasteiger partial charge in [0.15, 0.2) is 0 Å². The summed E-state index contributed by atoms with van der Waals surface area (Å²) in [5.74, 6) is -0.0861. The van der Waals surface area contributed by atoms with Crippen LogP contribution in [0.2, 0.25) is 5.28 Å². The highest BCUT2D eigenvalue weighted by atomic mass is 35.5. The maximum atomic E-state index is 11.9. The molecule has 0 aromatic carbocycles. The maximum Gasteiger partial charge on any atom is 0.329 e. The van der Waals surface area contributed by atoms with E-state index in [1.165, 1.54) is 7.05 Å². The Morgan fingerprint density at radius 2 is 2.35 bits per heavy atom. The third-order valence-electron chi connectivity index (χ3n) is 3.24. The number of hydrogen-bond acceptors (Lipinski definition) is 6. The fraction of sp³-hybridized carbons (Fsp3) is 0.545. The van der Waals surface area contributed by atoms with Crippen molar-refractivity contribution in [1.29, 1.82) is 0 Å². The fourth-order valence-corrected chi connectivity index (χ4v) is 2.44. The van der Waals surface area contributed by atoms with Crippen LogP contribution in [0.5, 0.6) is 0 Å². The average Bonchev–Trinajstić information content (AvgIpc) is 2.46. The van der Waals surface area contributed by atoms with Gasteiger partial charge in [0.2, 0.25) is 17.0 Å². The first kappa shape index (κ1) is 14.4. The molecule has 8 nitrogen and oxygen atoms in total. The second-order valence-electron chi connectivity index (χ2n) is 4.42. The summed E-state index contributed by atoms with van der Waals surface area (Å²) in [4.78, 5) is 31.6. The molecule has 108 valence electrons. The number of nitro groups is 1. The number of aromatic nitrogens is 2. The van der Waals surface area contributed by atoms with Crippen molar-refractivity contribution in [2.24, 2.45) is 0 Å². The van der Waals surface area contributed by atoms with Crippen LogP contribution in [-0.4, -0.2) is 40.4 Å². The molecule has 2 heterocycles. The molecule has 1 N–H and O–H groups in total. The lowest BCUT2D eigenvalue weighted by Crippen LogP contribution is -2.49. The first-order valence-corrected chi connectivity index (χ1v) is 6.57. The number of anilines is 1. The molecule has 0 radical (unpaired) electrons. The van der Waals surface area contributed by atoms with Gasteiger partial charge in [0.1, 0.15) is 12.2 Å². The standard InChI is InChI=1S/C11H14ClN5O3/c1-13-10(18)7-4-2-3-5-16(7)9-8(17(19)20)6-14-11(12)15-9/h6-7H,2-5H2,1H3,(H,13,18). The SMILES string of the molecule is CNC(=O)C1CCCCN1c1nc(Cl)ncc1[N+](=O)[O-]. The van der Waals surface area contributed by atoms with Gasteiger partial charge in [-0.25, -0.2) is 4.98 Å². The van der Waals surface area contributed by atoms with Gasteiger partial charge in [-0.1, -0.05) is 0 Å². The van der Waals surface area contributed by atoms with Crippen LogP contribution >= 0.6 is 11.6 Å². The van der Waals surface area contributed by atoms with E-state index in [0.29, 0.717) is 13.0 Å². The van der Waals surface area contributed by atoms with E-state index in [1.54, 1.807) is 4.90 Å². The number of nitrogens with zero attached hydrogens (tertiary/aromatic N) is 4. The van der Waals surface area contributed by atoms with Crippen LogP contribution in [-0.2, 0) is 4.79 Å². The van der Waals surface area contributed by atoms with Gasteiger partial charge in [0.25, 0.3) is 0 Å². The third kappa shape index (κ3) is 2.79. The van der Waals surface area contributed by atoms with Crippen LogP contribution in [0.15, 0.2) is 6.20 Å². The lowest BCUT2D eigenvalue weighted by molar-refractivity contribution is -0.384. The van der Waals surface area contributed by atoms with Crippen molar-refractivity contribution in [2.45, 2.75) is 25.3 Å². The van der Waals surface area contributed by atoms with Crippen molar-refractivity contribution in [3.8, 4) is 0 Å². The molecule has 1 atom stereocenters. The van der Waals surface area contributed by atoms with Gasteiger partial charge in [-0.3, -0.25) is 14.9 Å². The normalized spacial score (nSPS) is 18.7. The highest BCUT2D eigenvalue weighted by molar-refractivity contribution is 6.28. The van der Waals surface area contributed by atoms with E-state index < -0.39 is 11.0 Å². The number of halogens is 1. The zero-order valence-electron chi connectivity index (χ0n) is 10.9. The Hall–Kier alpha value is -1.96. The number of amides is 1. The summed E-state index contributed by atoms with van der Waals surface area (Å²) in [5, 5.41) is 13.6. The monoisotopic (exact) mass is 299 g/mol. The molecule has 1 aromatic rings. The number of piperidine rings is 1. The van der Waals surface area contributed by atoms with Crippen LogP contribution in [0.25, 0.3) is 0 Å². The summed E-state index contributed by atoms with van der Waals surface area (Å²) in [6.45, 7) is 0.520. The molecule has 1 aliphatic rings. The quantitative estimate of drug-likeness (QED) is 0.510. The maximum absolute atomic E-state index is 11.9. The molecule has 0 bridgehead atoms. The van der Waals surface area contributed by atoms with E-state index in [4.69, 9.17) is 11.6 Å². The fourth-order valence-electron chi connectivity index (χ4n) is 2.31. The van der Waals surface area contributed by atoms with E-state index in [9.17, 15) is 14.9 Å². The molecule has 0 spiro atoms. The Bertz CT molecular complexity index is 539. The van der Waals surface area contributed by atoms with Crippen LogP contribution in [0, 0.1) is 10.1 Å². The molecule has 9 heteroatoms. The summed E-state index contributed by atoms with van der Waals surface area (Å²) in [6, 6.07) is -0.474.